The summed E-state index contributed by atoms with van der Waals surface area (Å²) in [5, 5.41) is 0.933. The van der Waals surface area contributed by atoms with Gasteiger partial charge < -0.3 is 9.64 Å². The molecule has 0 bridgehead atoms. The molecule has 3 aromatic rings. The number of hydrogen-bond acceptors (Lipinski definition) is 4. The predicted molar refractivity (Wildman–Crippen MR) is 97.5 cm³/mol. The zero-order valence-electron chi connectivity index (χ0n) is 14.0. The summed E-state index contributed by atoms with van der Waals surface area (Å²) in [4.78, 5) is 18.7. The number of fused-ring (bicyclic) bond motifs is 1. The number of aryl methyl sites for hydroxylation is 1. The molecule has 0 aliphatic rings. The van der Waals surface area contributed by atoms with Gasteiger partial charge in [0, 0.05) is 7.05 Å². The molecule has 1 aromatic heterocycles. The highest BCUT2D eigenvalue weighted by molar-refractivity contribution is 7.18. The highest BCUT2D eigenvalue weighted by Gasteiger charge is 2.21. The zero-order chi connectivity index (χ0) is 17.1. The van der Waals surface area contributed by atoms with Crippen LogP contribution in [-0.4, -0.2) is 29.4 Å². The van der Waals surface area contributed by atoms with Gasteiger partial charge in [0.15, 0.2) is 6.61 Å². The van der Waals surface area contributed by atoms with E-state index in [1.807, 2.05) is 62.4 Å². The Morgan fingerprint density at radius 2 is 2.04 bits per heavy atom. The van der Waals surface area contributed by atoms with Crippen LogP contribution in [0.25, 0.3) is 10.2 Å². The molecule has 0 radical (unpaired) electrons. The second kappa shape index (κ2) is 7.01. The van der Waals surface area contributed by atoms with Gasteiger partial charge in [-0.15, -0.1) is 11.3 Å². The van der Waals surface area contributed by atoms with Crippen molar-refractivity contribution in [1.82, 2.24) is 9.88 Å². The lowest BCUT2D eigenvalue weighted by atomic mass is 10.2. The van der Waals surface area contributed by atoms with Gasteiger partial charge in [-0.3, -0.25) is 4.79 Å². The van der Waals surface area contributed by atoms with Crippen LogP contribution in [0.2, 0.25) is 0 Å². The number of thiazole rings is 1. The lowest BCUT2D eigenvalue weighted by Crippen LogP contribution is -2.33. The Kier molecular flexibility index (Phi) is 4.81. The number of likely N-dealkylation sites (N-methyl/N-ethyl adjacent to an activating group) is 1. The van der Waals surface area contributed by atoms with Gasteiger partial charge in [0.1, 0.15) is 10.8 Å². The van der Waals surface area contributed by atoms with E-state index in [0.717, 1.165) is 20.8 Å². The zero-order valence-corrected chi connectivity index (χ0v) is 14.8. The molecule has 5 heteroatoms. The average molecular weight is 340 g/mol. The molecular weight excluding hydrogens is 320 g/mol. The number of nitrogens with zero attached hydrogens (tertiary/aromatic N) is 2. The van der Waals surface area contributed by atoms with E-state index in [-0.39, 0.29) is 18.6 Å². The Labute approximate surface area is 145 Å². The Hall–Kier alpha value is -2.40. The van der Waals surface area contributed by atoms with Crippen LogP contribution in [0, 0.1) is 6.92 Å². The minimum Gasteiger partial charge on any atom is -0.484 e. The van der Waals surface area contributed by atoms with E-state index < -0.39 is 0 Å². The Bertz CT molecular complexity index is 826. The monoisotopic (exact) mass is 340 g/mol. The second-order valence-corrected chi connectivity index (χ2v) is 6.87. The fraction of sp³-hybridized carbons (Fsp3) is 0.263. The lowest BCUT2D eigenvalue weighted by Gasteiger charge is -2.23. The summed E-state index contributed by atoms with van der Waals surface area (Å²) < 4.78 is 6.74. The fourth-order valence-electron chi connectivity index (χ4n) is 2.40. The summed E-state index contributed by atoms with van der Waals surface area (Å²) in [6.07, 6.45) is 0. The van der Waals surface area contributed by atoms with E-state index in [4.69, 9.17) is 4.74 Å². The van der Waals surface area contributed by atoms with Crippen LogP contribution >= 0.6 is 11.3 Å². The number of ether oxygens (including phenoxy) is 1. The first-order valence-electron chi connectivity index (χ1n) is 7.85. The second-order valence-electron chi connectivity index (χ2n) is 5.81. The van der Waals surface area contributed by atoms with Crippen LogP contribution in [0.15, 0.2) is 48.5 Å². The highest BCUT2D eigenvalue weighted by Crippen LogP contribution is 2.28. The summed E-state index contributed by atoms with van der Waals surface area (Å²) in [6, 6.07) is 15.6. The molecule has 2 aromatic carbocycles. The van der Waals surface area contributed by atoms with Gasteiger partial charge >= 0.3 is 0 Å². The summed E-state index contributed by atoms with van der Waals surface area (Å²) in [5.41, 5.74) is 2.08. The quantitative estimate of drug-likeness (QED) is 0.699. The lowest BCUT2D eigenvalue weighted by molar-refractivity contribution is -0.134. The van der Waals surface area contributed by atoms with Gasteiger partial charge in [-0.2, -0.15) is 0 Å². The van der Waals surface area contributed by atoms with Crippen LogP contribution in [0.1, 0.15) is 23.5 Å². The van der Waals surface area contributed by atoms with Gasteiger partial charge in [0.05, 0.1) is 16.3 Å². The van der Waals surface area contributed by atoms with E-state index >= 15 is 0 Å². The van der Waals surface area contributed by atoms with Crippen molar-refractivity contribution in [3.05, 3.63) is 59.1 Å². The van der Waals surface area contributed by atoms with Crippen LogP contribution in [0.4, 0.5) is 0 Å². The van der Waals surface area contributed by atoms with Crippen molar-refractivity contribution < 1.29 is 9.53 Å². The number of benzene rings is 2. The van der Waals surface area contributed by atoms with E-state index in [1.54, 1.807) is 23.3 Å². The van der Waals surface area contributed by atoms with Crippen LogP contribution in [-0.2, 0) is 4.79 Å². The van der Waals surface area contributed by atoms with E-state index in [1.165, 1.54) is 0 Å². The van der Waals surface area contributed by atoms with Gasteiger partial charge in [-0.05, 0) is 43.7 Å². The maximum absolute atomic E-state index is 12.4. The summed E-state index contributed by atoms with van der Waals surface area (Å²) >= 11 is 1.62. The minimum atomic E-state index is -0.0870. The number of rotatable bonds is 5. The molecule has 0 aliphatic heterocycles. The molecule has 0 fully saturated rings. The molecule has 0 N–H and O–H groups in total. The molecular formula is C19H20N2O2S. The molecule has 1 heterocycles. The van der Waals surface area contributed by atoms with Crippen molar-refractivity contribution >= 4 is 27.5 Å². The number of para-hydroxylation sites is 1. The number of amides is 1. The first kappa shape index (κ1) is 16.5. The van der Waals surface area contributed by atoms with Crippen molar-refractivity contribution in [2.75, 3.05) is 13.7 Å². The number of carbonyl (C=O) groups is 1. The van der Waals surface area contributed by atoms with Gasteiger partial charge in [0.25, 0.3) is 5.91 Å². The number of hydrogen-bond donors (Lipinski definition) is 0. The van der Waals surface area contributed by atoms with E-state index in [9.17, 15) is 4.79 Å². The highest BCUT2D eigenvalue weighted by atomic mass is 32.1. The summed E-state index contributed by atoms with van der Waals surface area (Å²) in [7, 11) is 1.79. The molecule has 124 valence electrons. The molecule has 24 heavy (non-hydrogen) atoms. The molecule has 3 rings (SSSR count). The largest absolute Gasteiger partial charge is 0.484 e. The smallest absolute Gasteiger partial charge is 0.260 e. The number of aromatic nitrogens is 1. The molecule has 0 aliphatic carbocycles. The molecule has 0 spiro atoms. The summed E-state index contributed by atoms with van der Waals surface area (Å²) in [5.74, 6) is 0.646. The Morgan fingerprint density at radius 3 is 2.79 bits per heavy atom. The third-order valence-corrected chi connectivity index (χ3v) is 5.20. The van der Waals surface area contributed by atoms with Crippen LogP contribution < -0.4 is 4.74 Å². The van der Waals surface area contributed by atoms with Gasteiger partial charge in [-0.1, -0.05) is 24.3 Å². The fourth-order valence-corrected chi connectivity index (χ4v) is 3.47. The third kappa shape index (κ3) is 3.57. The topological polar surface area (TPSA) is 42.4 Å². The molecule has 1 atom stereocenters. The van der Waals surface area contributed by atoms with E-state index in [0.29, 0.717) is 5.75 Å². The minimum absolute atomic E-state index is 0.0230. The molecule has 0 saturated carbocycles. The third-order valence-electron chi connectivity index (χ3n) is 3.99. The first-order chi connectivity index (χ1) is 11.5. The normalized spacial score (nSPS) is 12.1. The van der Waals surface area contributed by atoms with Crippen LogP contribution in [0.3, 0.4) is 0 Å². The van der Waals surface area contributed by atoms with Crippen molar-refractivity contribution in [3.63, 3.8) is 0 Å². The molecule has 0 unspecified atom stereocenters. The Balaban J connectivity index is 1.66. The first-order valence-corrected chi connectivity index (χ1v) is 8.67. The SMILES string of the molecule is Cc1cccc(OCC(=O)N(C)[C@@H](C)c2nc3ccccc3s2)c1. The van der Waals surface area contributed by atoms with Crippen molar-refractivity contribution in [1.29, 1.82) is 0 Å². The van der Waals surface area contributed by atoms with Crippen molar-refractivity contribution in [2.45, 2.75) is 19.9 Å². The van der Waals surface area contributed by atoms with Gasteiger partial charge in [-0.25, -0.2) is 4.98 Å². The standard InChI is InChI=1S/C19H20N2O2S/c1-13-7-6-8-15(11-13)23-12-18(22)21(3)14(2)19-20-16-9-4-5-10-17(16)24-19/h4-11,14H,12H2,1-3H3/t14-/m0/s1. The molecule has 4 nitrogen and oxygen atoms in total. The maximum Gasteiger partial charge on any atom is 0.260 e. The van der Waals surface area contributed by atoms with Crippen molar-refractivity contribution in [3.8, 4) is 5.75 Å². The van der Waals surface area contributed by atoms with Gasteiger partial charge in [0.2, 0.25) is 0 Å². The van der Waals surface area contributed by atoms with Crippen molar-refractivity contribution in [2.24, 2.45) is 0 Å². The maximum atomic E-state index is 12.4. The average Bonchev–Trinajstić information content (AvgIpc) is 3.02. The molecule has 0 saturated heterocycles. The Morgan fingerprint density at radius 1 is 1.25 bits per heavy atom. The predicted octanol–water partition coefficient (Wildman–Crippen LogP) is 4.20. The molecule has 1 amide bonds. The number of carbonyl (C=O) groups excluding carboxylic acids is 1. The van der Waals surface area contributed by atoms with Crippen LogP contribution in [0.5, 0.6) is 5.75 Å². The van der Waals surface area contributed by atoms with E-state index in [2.05, 4.69) is 4.98 Å². The summed E-state index contributed by atoms with van der Waals surface area (Å²) in [6.45, 7) is 4.01.